The molecule has 0 saturated carbocycles. The van der Waals surface area contributed by atoms with Crippen molar-refractivity contribution in [3.8, 4) is 0 Å². The highest BCUT2D eigenvalue weighted by Gasteiger charge is 2.21. The molecule has 5 heteroatoms. The zero-order chi connectivity index (χ0) is 13.4. The van der Waals surface area contributed by atoms with E-state index in [0.29, 0.717) is 8.20 Å². The number of esters is 2. The molecule has 0 aliphatic carbocycles. The maximum Gasteiger partial charge on any atom is 0.350 e. The number of rotatable bonds is 5. The topological polar surface area (TPSA) is 52.6 Å². The molecule has 1 aromatic carbocycles. The normalized spacial score (nSPS) is 9.89. The van der Waals surface area contributed by atoms with Crippen LogP contribution in [0.3, 0.4) is 0 Å². The SMILES string of the molecule is CCOC(=O)C(=Pc1ccccc1)C(=O)OCC. The summed E-state index contributed by atoms with van der Waals surface area (Å²) in [6, 6.07) is 9.22. The van der Waals surface area contributed by atoms with E-state index >= 15 is 0 Å². The maximum atomic E-state index is 11.7. The second-order valence-electron chi connectivity index (χ2n) is 3.24. The Labute approximate surface area is 108 Å². The molecule has 0 aromatic heterocycles. The van der Waals surface area contributed by atoms with Gasteiger partial charge in [-0.2, -0.15) is 0 Å². The Balaban J connectivity index is 3.00. The van der Waals surface area contributed by atoms with Gasteiger partial charge in [-0.15, -0.1) is 0 Å². The molecular weight excluding hydrogens is 251 g/mol. The summed E-state index contributed by atoms with van der Waals surface area (Å²) in [5, 5.41) is 0.846. The number of benzene rings is 1. The molecule has 0 fully saturated rings. The average Bonchev–Trinajstić information content (AvgIpc) is 2.37. The number of hydrogen-bond donors (Lipinski definition) is 0. The molecule has 0 aliphatic rings. The van der Waals surface area contributed by atoms with Crippen LogP contribution in [-0.2, 0) is 19.1 Å². The minimum Gasteiger partial charge on any atom is -0.462 e. The van der Waals surface area contributed by atoms with Crippen LogP contribution in [0.4, 0.5) is 0 Å². The first-order valence-electron chi connectivity index (χ1n) is 5.67. The van der Waals surface area contributed by atoms with Gasteiger partial charge in [0.2, 0.25) is 0 Å². The molecule has 1 aromatic rings. The van der Waals surface area contributed by atoms with Crippen LogP contribution < -0.4 is 5.30 Å². The third-order valence-electron chi connectivity index (χ3n) is 1.93. The summed E-state index contributed by atoms with van der Waals surface area (Å²) in [4.78, 5) is 23.4. The standard InChI is InChI=1S/C13H15O4P/c1-3-16-12(14)11(13(15)17-4-2)18-10-8-6-5-7-9-10/h5-9H,3-4H2,1-2H3. The fourth-order valence-corrected chi connectivity index (χ4v) is 2.10. The number of carbonyl (C=O) groups excluding carboxylic acids is 2. The van der Waals surface area contributed by atoms with Crippen LogP contribution >= 0.6 is 8.20 Å². The summed E-state index contributed by atoms with van der Waals surface area (Å²) in [6.45, 7) is 3.85. The molecule has 96 valence electrons. The first-order valence-corrected chi connectivity index (χ1v) is 6.56. The molecule has 18 heavy (non-hydrogen) atoms. The third-order valence-corrected chi connectivity index (χ3v) is 3.08. The number of carbonyl (C=O) groups is 2. The van der Waals surface area contributed by atoms with E-state index in [1.807, 2.05) is 30.3 Å². The van der Waals surface area contributed by atoms with Crippen molar-refractivity contribution in [2.24, 2.45) is 0 Å². The predicted octanol–water partition coefficient (Wildman–Crippen LogP) is 1.56. The third kappa shape index (κ3) is 4.30. The van der Waals surface area contributed by atoms with E-state index in [4.69, 9.17) is 9.47 Å². The van der Waals surface area contributed by atoms with E-state index < -0.39 is 11.9 Å². The van der Waals surface area contributed by atoms with Gasteiger partial charge in [-0.3, -0.25) is 0 Å². The van der Waals surface area contributed by atoms with E-state index in [1.54, 1.807) is 13.8 Å². The van der Waals surface area contributed by atoms with Gasteiger partial charge in [-0.25, -0.2) is 9.59 Å². The average molecular weight is 266 g/mol. The van der Waals surface area contributed by atoms with E-state index in [0.717, 1.165) is 5.30 Å². The lowest BCUT2D eigenvalue weighted by Gasteiger charge is -2.05. The van der Waals surface area contributed by atoms with E-state index in [9.17, 15) is 9.59 Å². The molecule has 4 nitrogen and oxygen atoms in total. The van der Waals surface area contributed by atoms with Gasteiger partial charge in [0.05, 0.1) is 13.2 Å². The second-order valence-corrected chi connectivity index (χ2v) is 4.42. The predicted molar refractivity (Wildman–Crippen MR) is 71.3 cm³/mol. The molecule has 0 heterocycles. The van der Waals surface area contributed by atoms with Crippen molar-refractivity contribution in [3.63, 3.8) is 0 Å². The molecule has 0 atom stereocenters. The second kappa shape index (κ2) is 7.62. The quantitative estimate of drug-likeness (QED) is 0.461. The van der Waals surface area contributed by atoms with Crippen LogP contribution in [0.1, 0.15) is 13.8 Å². The summed E-state index contributed by atoms with van der Waals surface area (Å²) < 4.78 is 9.72. The van der Waals surface area contributed by atoms with Crippen LogP contribution in [0, 0.1) is 0 Å². The van der Waals surface area contributed by atoms with Crippen molar-refractivity contribution in [3.05, 3.63) is 30.3 Å². The van der Waals surface area contributed by atoms with E-state index in [-0.39, 0.29) is 18.5 Å². The lowest BCUT2D eigenvalue weighted by atomic mass is 10.4. The molecule has 0 unspecified atom stereocenters. The van der Waals surface area contributed by atoms with Gasteiger partial charge in [0.15, 0.2) is 5.29 Å². The smallest absolute Gasteiger partial charge is 0.350 e. The fraction of sp³-hybridized carbons (Fsp3) is 0.308. The Bertz CT molecular complexity index is 420. The fourth-order valence-electron chi connectivity index (χ4n) is 1.21. The molecule has 0 bridgehead atoms. The highest BCUT2D eigenvalue weighted by Crippen LogP contribution is 2.05. The van der Waals surface area contributed by atoms with Crippen molar-refractivity contribution in [1.82, 2.24) is 0 Å². The maximum absolute atomic E-state index is 11.7. The van der Waals surface area contributed by atoms with Crippen LogP contribution in [0.15, 0.2) is 30.3 Å². The van der Waals surface area contributed by atoms with Crippen molar-refractivity contribution >= 4 is 30.7 Å². The minimum absolute atomic E-state index is 0.00454. The van der Waals surface area contributed by atoms with Crippen LogP contribution in [0.5, 0.6) is 0 Å². The first-order chi connectivity index (χ1) is 8.69. The summed E-state index contributed by atoms with van der Waals surface area (Å²) in [6.07, 6.45) is 0. The Morgan fingerprint density at radius 2 is 1.50 bits per heavy atom. The molecule has 0 radical (unpaired) electrons. The van der Waals surface area contributed by atoms with E-state index in [1.165, 1.54) is 0 Å². The first kappa shape index (κ1) is 14.4. The van der Waals surface area contributed by atoms with Crippen molar-refractivity contribution in [1.29, 1.82) is 0 Å². The Morgan fingerprint density at radius 3 is 1.94 bits per heavy atom. The van der Waals surface area contributed by atoms with Crippen molar-refractivity contribution < 1.29 is 19.1 Å². The van der Waals surface area contributed by atoms with Gasteiger partial charge in [0.25, 0.3) is 0 Å². The van der Waals surface area contributed by atoms with Crippen molar-refractivity contribution in [2.45, 2.75) is 13.8 Å². The molecule has 0 N–H and O–H groups in total. The zero-order valence-corrected chi connectivity index (χ0v) is 11.3. The Kier molecular flexibility index (Phi) is 6.09. The molecule has 0 spiro atoms. The lowest BCUT2D eigenvalue weighted by molar-refractivity contribution is -0.140. The Hall–Kier alpha value is -1.67. The summed E-state index contributed by atoms with van der Waals surface area (Å²) >= 11 is 0. The highest BCUT2D eigenvalue weighted by atomic mass is 31.1. The minimum atomic E-state index is -0.624. The van der Waals surface area contributed by atoms with Crippen LogP contribution in [-0.4, -0.2) is 30.4 Å². The summed E-state index contributed by atoms with van der Waals surface area (Å²) in [5.41, 5.74) is 0. The van der Waals surface area contributed by atoms with Gasteiger partial charge in [0, 0.05) is 5.30 Å². The zero-order valence-electron chi connectivity index (χ0n) is 10.4. The van der Waals surface area contributed by atoms with Gasteiger partial charge in [-0.05, 0) is 22.1 Å². The van der Waals surface area contributed by atoms with Gasteiger partial charge >= 0.3 is 11.9 Å². The lowest BCUT2D eigenvalue weighted by Crippen LogP contribution is -2.27. The van der Waals surface area contributed by atoms with Crippen molar-refractivity contribution in [2.75, 3.05) is 13.2 Å². The van der Waals surface area contributed by atoms with Gasteiger partial charge in [0.1, 0.15) is 0 Å². The van der Waals surface area contributed by atoms with Crippen LogP contribution in [0.2, 0.25) is 0 Å². The molecule has 0 aliphatic heterocycles. The molecular formula is C13H15O4P. The van der Waals surface area contributed by atoms with Gasteiger partial charge in [-0.1, -0.05) is 30.3 Å². The Morgan fingerprint density at radius 1 is 1.00 bits per heavy atom. The summed E-state index contributed by atoms with van der Waals surface area (Å²) in [7, 11) is 0.498. The highest BCUT2D eigenvalue weighted by molar-refractivity contribution is 7.54. The molecule has 1 rings (SSSR count). The molecule has 0 saturated heterocycles. The van der Waals surface area contributed by atoms with E-state index in [2.05, 4.69) is 0 Å². The monoisotopic (exact) mass is 266 g/mol. The van der Waals surface area contributed by atoms with Gasteiger partial charge < -0.3 is 9.47 Å². The molecule has 0 amide bonds. The largest absolute Gasteiger partial charge is 0.462 e. The summed E-state index contributed by atoms with van der Waals surface area (Å²) in [5.74, 6) is -1.25. The number of hydrogen-bond acceptors (Lipinski definition) is 4. The van der Waals surface area contributed by atoms with Crippen LogP contribution in [0.25, 0.3) is 0 Å². The number of ether oxygens (including phenoxy) is 2.